The first-order chi connectivity index (χ1) is 8.30. The molecule has 0 spiro atoms. The summed E-state index contributed by atoms with van der Waals surface area (Å²) in [5.41, 5.74) is 0. The largest absolute Gasteiger partial charge is 0.281 e. The minimum Gasteiger partial charge on any atom is -0.195 e. The third-order valence-electron chi connectivity index (χ3n) is 3.93. The summed E-state index contributed by atoms with van der Waals surface area (Å²) in [4.78, 5) is 0. The van der Waals surface area contributed by atoms with Gasteiger partial charge in [0.1, 0.15) is 0 Å². The summed E-state index contributed by atoms with van der Waals surface area (Å²) in [5, 5.41) is 0. The first-order valence-electron chi connectivity index (χ1n) is 6.59. The smallest absolute Gasteiger partial charge is 0.195 e. The summed E-state index contributed by atoms with van der Waals surface area (Å²) in [6.07, 6.45) is 1.93. The Labute approximate surface area is 116 Å². The van der Waals surface area contributed by atoms with Crippen LogP contribution in [-0.4, -0.2) is 49.1 Å². The molecule has 1 aliphatic rings. The number of hydrogen-bond donors (Lipinski definition) is 0. The van der Waals surface area contributed by atoms with Crippen molar-refractivity contribution in [1.82, 2.24) is 8.61 Å². The zero-order valence-corrected chi connectivity index (χ0v) is 13.3. The molecule has 1 rings (SSSR count). The van der Waals surface area contributed by atoms with Crippen LogP contribution in [0.3, 0.4) is 0 Å². The predicted octanol–water partition coefficient (Wildman–Crippen LogP) is 2.16. The molecule has 0 aromatic carbocycles. The molecule has 0 saturated carbocycles. The first-order valence-corrected chi connectivity index (χ1v) is 8.53. The van der Waals surface area contributed by atoms with Gasteiger partial charge in [-0.2, -0.15) is 17.0 Å². The fourth-order valence-corrected chi connectivity index (χ4v) is 4.21. The Hall–Kier alpha value is 0.160. The van der Waals surface area contributed by atoms with Crippen molar-refractivity contribution in [1.29, 1.82) is 0 Å². The molecule has 2 atom stereocenters. The van der Waals surface area contributed by atoms with Crippen LogP contribution in [0, 0.1) is 11.8 Å². The van der Waals surface area contributed by atoms with Gasteiger partial charge >= 0.3 is 0 Å². The Morgan fingerprint density at radius 1 is 1.39 bits per heavy atom. The van der Waals surface area contributed by atoms with Gasteiger partial charge in [0.15, 0.2) is 0 Å². The number of nitrogens with zero attached hydrogens (tertiary/aromatic N) is 2. The molecule has 4 nitrogen and oxygen atoms in total. The molecule has 2 unspecified atom stereocenters. The molecular formula is C12H25ClN2O2S. The van der Waals surface area contributed by atoms with Crippen molar-refractivity contribution in [2.45, 2.75) is 39.7 Å². The van der Waals surface area contributed by atoms with Crippen molar-refractivity contribution < 1.29 is 8.42 Å². The van der Waals surface area contributed by atoms with Crippen LogP contribution in [0.1, 0.15) is 33.6 Å². The number of rotatable bonds is 5. The second-order valence-corrected chi connectivity index (χ2v) is 7.83. The van der Waals surface area contributed by atoms with Gasteiger partial charge in [-0.25, -0.2) is 0 Å². The zero-order chi connectivity index (χ0) is 13.9. The van der Waals surface area contributed by atoms with Gasteiger partial charge in [-0.1, -0.05) is 13.8 Å². The fraction of sp³-hybridized carbons (Fsp3) is 1.00. The van der Waals surface area contributed by atoms with E-state index < -0.39 is 10.2 Å². The summed E-state index contributed by atoms with van der Waals surface area (Å²) in [6, 6.07) is 0.00591. The van der Waals surface area contributed by atoms with E-state index in [0.717, 1.165) is 12.8 Å². The van der Waals surface area contributed by atoms with Crippen LogP contribution in [0.25, 0.3) is 0 Å². The maximum Gasteiger partial charge on any atom is 0.281 e. The molecule has 0 radical (unpaired) electrons. The lowest BCUT2D eigenvalue weighted by molar-refractivity contribution is 0.242. The van der Waals surface area contributed by atoms with Gasteiger partial charge in [-0.05, 0) is 31.6 Å². The Bertz CT molecular complexity index is 359. The lowest BCUT2D eigenvalue weighted by Crippen LogP contribution is -2.50. The predicted molar refractivity (Wildman–Crippen MR) is 76.0 cm³/mol. The third kappa shape index (κ3) is 3.59. The van der Waals surface area contributed by atoms with E-state index in [1.54, 1.807) is 11.4 Å². The van der Waals surface area contributed by atoms with Crippen LogP contribution < -0.4 is 0 Å². The average molecular weight is 297 g/mol. The maximum absolute atomic E-state index is 12.5. The van der Waals surface area contributed by atoms with Crippen LogP contribution in [0.2, 0.25) is 0 Å². The molecule has 1 aliphatic heterocycles. The van der Waals surface area contributed by atoms with E-state index in [-0.39, 0.29) is 12.0 Å². The normalized spacial score (nSPS) is 24.7. The topological polar surface area (TPSA) is 40.6 Å². The van der Waals surface area contributed by atoms with Crippen LogP contribution in [-0.2, 0) is 10.2 Å². The monoisotopic (exact) mass is 296 g/mol. The molecule has 0 aliphatic carbocycles. The van der Waals surface area contributed by atoms with Crippen molar-refractivity contribution in [2.24, 2.45) is 11.8 Å². The lowest BCUT2D eigenvalue weighted by atomic mass is 10.0. The van der Waals surface area contributed by atoms with Crippen molar-refractivity contribution >= 4 is 21.8 Å². The van der Waals surface area contributed by atoms with Crippen LogP contribution in [0.15, 0.2) is 0 Å². The van der Waals surface area contributed by atoms with E-state index in [1.165, 1.54) is 4.31 Å². The third-order valence-corrected chi connectivity index (χ3v) is 6.41. The fourth-order valence-electron chi connectivity index (χ4n) is 2.17. The highest BCUT2D eigenvalue weighted by atomic mass is 35.5. The number of alkyl halides is 1. The molecule has 1 heterocycles. The zero-order valence-electron chi connectivity index (χ0n) is 11.8. The van der Waals surface area contributed by atoms with Crippen molar-refractivity contribution in [2.75, 3.05) is 26.0 Å². The molecule has 0 amide bonds. The average Bonchev–Trinajstić information content (AvgIpc) is 2.36. The highest BCUT2D eigenvalue weighted by Crippen LogP contribution is 2.23. The SMILES string of the molecule is CC(C)C(C)N(C)S(=O)(=O)N1CCCC(CCl)C1. The van der Waals surface area contributed by atoms with E-state index in [2.05, 4.69) is 0 Å². The molecule has 108 valence electrons. The van der Waals surface area contributed by atoms with Gasteiger partial charge in [0, 0.05) is 32.1 Å². The summed E-state index contributed by atoms with van der Waals surface area (Å²) in [6.45, 7) is 7.19. The Morgan fingerprint density at radius 3 is 2.50 bits per heavy atom. The van der Waals surface area contributed by atoms with Crippen molar-refractivity contribution in [3.8, 4) is 0 Å². The summed E-state index contributed by atoms with van der Waals surface area (Å²) in [7, 11) is -1.67. The van der Waals surface area contributed by atoms with Crippen molar-refractivity contribution in [3.63, 3.8) is 0 Å². The van der Waals surface area contributed by atoms with Gasteiger partial charge in [0.25, 0.3) is 10.2 Å². The molecule has 0 bridgehead atoms. The Balaban J connectivity index is 2.79. The number of piperidine rings is 1. The first kappa shape index (κ1) is 16.2. The quantitative estimate of drug-likeness (QED) is 0.730. The van der Waals surface area contributed by atoms with E-state index in [9.17, 15) is 8.42 Å². The second-order valence-electron chi connectivity index (χ2n) is 5.53. The minimum absolute atomic E-state index is 0.00591. The standard InChI is InChI=1S/C12H25ClN2O2S/c1-10(2)11(3)14(4)18(16,17)15-7-5-6-12(8-13)9-15/h10-12H,5-9H2,1-4H3. The van der Waals surface area contributed by atoms with E-state index >= 15 is 0 Å². The van der Waals surface area contributed by atoms with Gasteiger partial charge in [-0.3, -0.25) is 0 Å². The highest BCUT2D eigenvalue weighted by Gasteiger charge is 2.34. The Kier molecular flexibility index (Phi) is 5.90. The molecule has 18 heavy (non-hydrogen) atoms. The van der Waals surface area contributed by atoms with E-state index in [4.69, 9.17) is 11.6 Å². The molecule has 1 fully saturated rings. The van der Waals surface area contributed by atoms with E-state index in [0.29, 0.717) is 24.9 Å². The maximum atomic E-state index is 12.5. The van der Waals surface area contributed by atoms with Gasteiger partial charge < -0.3 is 0 Å². The highest BCUT2D eigenvalue weighted by molar-refractivity contribution is 7.86. The Morgan fingerprint density at radius 2 is 2.00 bits per heavy atom. The summed E-state index contributed by atoms with van der Waals surface area (Å²) in [5.74, 6) is 1.13. The summed E-state index contributed by atoms with van der Waals surface area (Å²) >= 11 is 5.85. The van der Waals surface area contributed by atoms with E-state index in [1.807, 2.05) is 20.8 Å². The molecule has 0 aromatic rings. The number of halogens is 1. The van der Waals surface area contributed by atoms with Gasteiger partial charge in [0.2, 0.25) is 0 Å². The molecule has 0 aromatic heterocycles. The summed E-state index contributed by atoms with van der Waals surface area (Å²) < 4.78 is 28.1. The molecule has 0 N–H and O–H groups in total. The molecule has 6 heteroatoms. The van der Waals surface area contributed by atoms with Crippen LogP contribution in [0.5, 0.6) is 0 Å². The number of hydrogen-bond acceptors (Lipinski definition) is 2. The van der Waals surface area contributed by atoms with Gasteiger partial charge in [0.05, 0.1) is 0 Å². The van der Waals surface area contributed by atoms with Crippen LogP contribution >= 0.6 is 11.6 Å². The lowest BCUT2D eigenvalue weighted by Gasteiger charge is -2.36. The van der Waals surface area contributed by atoms with Crippen molar-refractivity contribution in [3.05, 3.63) is 0 Å². The molecule has 1 saturated heterocycles. The minimum atomic E-state index is -3.34. The second kappa shape index (κ2) is 6.55. The van der Waals surface area contributed by atoms with Gasteiger partial charge in [-0.15, -0.1) is 11.6 Å². The molecular weight excluding hydrogens is 272 g/mol. The van der Waals surface area contributed by atoms with Crippen LogP contribution in [0.4, 0.5) is 0 Å².